The van der Waals surface area contributed by atoms with Crippen LogP contribution in [0.25, 0.3) is 0 Å². The molecular weight excluding hydrogens is 274 g/mol. The molecule has 4 heterocycles. The first-order valence-corrected chi connectivity index (χ1v) is 6.91. The van der Waals surface area contributed by atoms with Gasteiger partial charge >= 0.3 is 5.97 Å². The smallest absolute Gasteiger partial charge is 0.312 e. The molecule has 1 spiro atoms. The average Bonchev–Trinajstić information content (AvgIpc) is 3.22. The van der Waals surface area contributed by atoms with Gasteiger partial charge in [-0.2, -0.15) is 0 Å². The van der Waals surface area contributed by atoms with Gasteiger partial charge in [0, 0.05) is 0 Å². The van der Waals surface area contributed by atoms with Gasteiger partial charge in [-0.1, -0.05) is 12.2 Å². The molecule has 0 N–H and O–H groups in total. The van der Waals surface area contributed by atoms with Gasteiger partial charge in [-0.05, 0) is 12.1 Å². The Morgan fingerprint density at radius 1 is 1.57 bits per heavy atom. The van der Waals surface area contributed by atoms with Crippen LogP contribution in [-0.2, 0) is 25.6 Å². The number of ether oxygens (including phenoxy) is 2. The fourth-order valence-corrected chi connectivity index (χ4v) is 3.71. The molecule has 1 aromatic rings. The van der Waals surface area contributed by atoms with Gasteiger partial charge in [-0.25, -0.2) is 0 Å². The molecule has 0 radical (unpaired) electrons. The first-order chi connectivity index (χ1) is 10.1. The lowest BCUT2D eigenvalue weighted by molar-refractivity contribution is -0.151. The summed E-state index contributed by atoms with van der Waals surface area (Å²) >= 11 is 0. The molecule has 0 saturated carbocycles. The Morgan fingerprint density at radius 3 is 3.14 bits per heavy atom. The molecule has 2 saturated heterocycles. The van der Waals surface area contributed by atoms with Crippen LogP contribution in [-0.4, -0.2) is 42.1 Å². The summed E-state index contributed by atoms with van der Waals surface area (Å²) in [5, 5.41) is 0. The maximum absolute atomic E-state index is 12.7. The molecule has 0 aromatic carbocycles. The third kappa shape index (κ3) is 1.62. The molecule has 6 nitrogen and oxygen atoms in total. The Morgan fingerprint density at radius 2 is 2.43 bits per heavy atom. The molecular formula is C15H15NO5. The van der Waals surface area contributed by atoms with Crippen LogP contribution in [0.15, 0.2) is 35.0 Å². The third-order valence-corrected chi connectivity index (χ3v) is 4.58. The van der Waals surface area contributed by atoms with Crippen molar-refractivity contribution in [3.63, 3.8) is 0 Å². The predicted molar refractivity (Wildman–Crippen MR) is 69.9 cm³/mol. The largest absolute Gasteiger partial charge is 0.469 e. The van der Waals surface area contributed by atoms with E-state index in [4.69, 9.17) is 13.9 Å². The van der Waals surface area contributed by atoms with E-state index in [0.29, 0.717) is 18.8 Å². The number of nitrogens with zero attached hydrogens (tertiary/aromatic N) is 1. The van der Waals surface area contributed by atoms with Gasteiger partial charge in [0.2, 0.25) is 5.91 Å². The monoisotopic (exact) mass is 289 g/mol. The highest BCUT2D eigenvalue weighted by molar-refractivity contribution is 5.91. The number of amides is 1. The summed E-state index contributed by atoms with van der Waals surface area (Å²) in [6, 6.07) is 3.61. The highest BCUT2D eigenvalue weighted by Crippen LogP contribution is 2.52. The van der Waals surface area contributed by atoms with E-state index in [1.54, 1.807) is 17.2 Å². The van der Waals surface area contributed by atoms with E-state index in [-0.39, 0.29) is 18.0 Å². The second-order valence-electron chi connectivity index (χ2n) is 5.70. The Labute approximate surface area is 121 Å². The number of fused-ring (bicyclic) bond motifs is 1. The van der Waals surface area contributed by atoms with E-state index in [0.717, 1.165) is 0 Å². The topological polar surface area (TPSA) is 69.0 Å². The second kappa shape index (κ2) is 4.21. The van der Waals surface area contributed by atoms with E-state index in [1.165, 1.54) is 7.11 Å². The summed E-state index contributed by atoms with van der Waals surface area (Å²) < 4.78 is 16.1. The lowest BCUT2D eigenvalue weighted by Crippen LogP contribution is -2.39. The maximum atomic E-state index is 12.7. The Hall–Kier alpha value is -2.08. The number of carbonyl (C=O) groups excluding carboxylic acids is 2. The number of esters is 1. The third-order valence-electron chi connectivity index (χ3n) is 4.58. The van der Waals surface area contributed by atoms with E-state index in [1.807, 2.05) is 18.2 Å². The minimum Gasteiger partial charge on any atom is -0.469 e. The van der Waals surface area contributed by atoms with Crippen LogP contribution in [0, 0.1) is 11.8 Å². The molecule has 1 aromatic heterocycles. The number of methoxy groups -OCH3 is 1. The molecule has 0 aliphatic carbocycles. The van der Waals surface area contributed by atoms with Gasteiger partial charge in [-0.15, -0.1) is 0 Å². The number of rotatable bonds is 3. The van der Waals surface area contributed by atoms with Crippen LogP contribution < -0.4 is 0 Å². The Kier molecular flexibility index (Phi) is 2.53. The first kappa shape index (κ1) is 12.6. The molecule has 4 rings (SSSR count). The summed E-state index contributed by atoms with van der Waals surface area (Å²) in [6.45, 7) is 0.831. The number of carbonyl (C=O) groups is 2. The zero-order valence-corrected chi connectivity index (χ0v) is 11.5. The summed E-state index contributed by atoms with van der Waals surface area (Å²) in [5.74, 6) is -0.782. The summed E-state index contributed by atoms with van der Waals surface area (Å²) in [7, 11) is 1.34. The van der Waals surface area contributed by atoms with E-state index >= 15 is 0 Å². The fraction of sp³-hybridized carbons (Fsp3) is 0.467. The Bertz CT molecular complexity index is 622. The first-order valence-electron chi connectivity index (χ1n) is 6.91. The zero-order valence-electron chi connectivity index (χ0n) is 11.5. The van der Waals surface area contributed by atoms with Crippen molar-refractivity contribution in [2.45, 2.75) is 18.2 Å². The number of hydrogen-bond acceptors (Lipinski definition) is 5. The minimum atomic E-state index is -0.687. The predicted octanol–water partition coefficient (Wildman–Crippen LogP) is 0.735. The average molecular weight is 289 g/mol. The van der Waals surface area contributed by atoms with Crippen molar-refractivity contribution >= 4 is 11.9 Å². The van der Waals surface area contributed by atoms with Gasteiger partial charge in [0.25, 0.3) is 0 Å². The molecule has 2 bridgehead atoms. The molecule has 3 aliphatic rings. The standard InChI is InChI=1S/C15H15NO5/c1-19-14(18)11-10-4-5-15(21-10)8-16(13(17)12(11)15)7-9-3-2-6-20-9/h2-6,10-12H,7-8H2,1H3/t10-,11-,12+,15+/m1/s1. The lowest BCUT2D eigenvalue weighted by atomic mass is 9.77. The van der Waals surface area contributed by atoms with Gasteiger partial charge < -0.3 is 18.8 Å². The van der Waals surface area contributed by atoms with Crippen LogP contribution in [0.1, 0.15) is 5.76 Å². The van der Waals surface area contributed by atoms with Gasteiger partial charge in [0.15, 0.2) is 0 Å². The normalized spacial score (nSPS) is 36.3. The van der Waals surface area contributed by atoms with Gasteiger partial charge in [0.1, 0.15) is 17.3 Å². The quantitative estimate of drug-likeness (QED) is 0.606. The molecule has 21 heavy (non-hydrogen) atoms. The van der Waals surface area contributed by atoms with E-state index < -0.39 is 17.4 Å². The van der Waals surface area contributed by atoms with Crippen molar-refractivity contribution in [2.24, 2.45) is 11.8 Å². The lowest BCUT2D eigenvalue weighted by Gasteiger charge is -2.22. The zero-order chi connectivity index (χ0) is 14.6. The van der Waals surface area contributed by atoms with Crippen LogP contribution in [0.3, 0.4) is 0 Å². The highest BCUT2D eigenvalue weighted by atomic mass is 16.5. The number of likely N-dealkylation sites (tertiary alicyclic amines) is 1. The molecule has 6 heteroatoms. The van der Waals surface area contributed by atoms with Crippen molar-refractivity contribution in [1.82, 2.24) is 4.90 Å². The molecule has 4 atom stereocenters. The van der Waals surface area contributed by atoms with Crippen molar-refractivity contribution in [3.05, 3.63) is 36.3 Å². The summed E-state index contributed by atoms with van der Waals surface area (Å²) in [5.41, 5.74) is -0.687. The number of furan rings is 1. The van der Waals surface area contributed by atoms with Crippen molar-refractivity contribution in [2.75, 3.05) is 13.7 Å². The number of hydrogen-bond donors (Lipinski definition) is 0. The van der Waals surface area contributed by atoms with Crippen LogP contribution >= 0.6 is 0 Å². The van der Waals surface area contributed by atoms with Crippen molar-refractivity contribution in [3.8, 4) is 0 Å². The summed E-state index contributed by atoms with van der Waals surface area (Å²) in [4.78, 5) is 26.4. The van der Waals surface area contributed by atoms with Crippen molar-refractivity contribution in [1.29, 1.82) is 0 Å². The van der Waals surface area contributed by atoms with Crippen molar-refractivity contribution < 1.29 is 23.5 Å². The van der Waals surface area contributed by atoms with Crippen LogP contribution in [0.4, 0.5) is 0 Å². The molecule has 1 amide bonds. The van der Waals surface area contributed by atoms with Gasteiger partial charge in [0.05, 0.1) is 38.5 Å². The maximum Gasteiger partial charge on any atom is 0.312 e. The SMILES string of the molecule is COC(=O)[C@H]1[C@H]2C(=O)N(Cc3ccco3)C[C@@]23C=C[C@H]1O3. The molecule has 2 fully saturated rings. The molecule has 110 valence electrons. The second-order valence-corrected chi connectivity index (χ2v) is 5.70. The Balaban J connectivity index is 1.64. The fourth-order valence-electron chi connectivity index (χ4n) is 3.71. The minimum absolute atomic E-state index is 0.0753. The molecule has 0 unspecified atom stereocenters. The van der Waals surface area contributed by atoms with Crippen LogP contribution in [0.2, 0.25) is 0 Å². The summed E-state index contributed by atoms with van der Waals surface area (Å²) in [6.07, 6.45) is 5.01. The van der Waals surface area contributed by atoms with E-state index in [2.05, 4.69) is 0 Å². The van der Waals surface area contributed by atoms with Crippen LogP contribution in [0.5, 0.6) is 0 Å². The van der Waals surface area contributed by atoms with E-state index in [9.17, 15) is 9.59 Å². The highest BCUT2D eigenvalue weighted by Gasteiger charge is 2.67. The molecule has 3 aliphatic heterocycles. The van der Waals surface area contributed by atoms with Gasteiger partial charge in [-0.3, -0.25) is 9.59 Å².